The van der Waals surface area contributed by atoms with Gasteiger partial charge in [0.15, 0.2) is 18.1 Å². The molecule has 0 radical (unpaired) electrons. The molecule has 7 nitrogen and oxygen atoms in total. The van der Waals surface area contributed by atoms with Crippen LogP contribution in [0.15, 0.2) is 71.8 Å². The molecule has 3 rings (SSSR count). The van der Waals surface area contributed by atoms with Crippen LogP contribution in [0.5, 0.6) is 17.2 Å². The van der Waals surface area contributed by atoms with E-state index >= 15 is 0 Å². The number of nitrogens with one attached hydrogen (secondary N) is 1. The van der Waals surface area contributed by atoms with Gasteiger partial charge in [-0.3, -0.25) is 4.79 Å². The van der Waals surface area contributed by atoms with Crippen LogP contribution in [0.1, 0.15) is 15.9 Å². The fraction of sp³-hybridized carbons (Fsp3) is 0.0870. The highest BCUT2D eigenvalue weighted by molar-refractivity contribution is 14.1. The minimum absolute atomic E-state index is 0.200. The lowest BCUT2D eigenvalue weighted by molar-refractivity contribution is -0.123. The zero-order valence-electron chi connectivity index (χ0n) is 16.9. The van der Waals surface area contributed by atoms with Crippen LogP contribution in [-0.4, -0.2) is 31.8 Å². The van der Waals surface area contributed by atoms with Gasteiger partial charge in [-0.2, -0.15) is 5.10 Å². The predicted molar refractivity (Wildman–Crippen MR) is 130 cm³/mol. The molecule has 0 saturated heterocycles. The lowest BCUT2D eigenvalue weighted by Gasteiger charge is -2.12. The number of carbonyl (C=O) groups excluding carboxylic acids is 2. The topological polar surface area (TPSA) is 86.2 Å². The molecule has 1 N–H and O–H groups in total. The van der Waals surface area contributed by atoms with Gasteiger partial charge in [-0.15, -0.1) is 0 Å². The van der Waals surface area contributed by atoms with Crippen LogP contribution in [-0.2, 0) is 4.79 Å². The minimum atomic E-state index is -0.490. The van der Waals surface area contributed by atoms with Gasteiger partial charge >= 0.3 is 5.97 Å². The number of hydrogen-bond acceptors (Lipinski definition) is 6. The Balaban J connectivity index is 1.61. The Morgan fingerprint density at radius 3 is 2.50 bits per heavy atom. The van der Waals surface area contributed by atoms with Gasteiger partial charge in [-0.25, -0.2) is 10.2 Å². The van der Waals surface area contributed by atoms with Crippen molar-refractivity contribution in [3.8, 4) is 17.2 Å². The number of hydrogen-bond donors (Lipinski definition) is 1. The molecule has 0 heterocycles. The Kier molecular flexibility index (Phi) is 8.46. The predicted octanol–water partition coefficient (Wildman–Crippen LogP) is 4.70. The number of ether oxygens (including phenoxy) is 3. The molecule has 0 aromatic heterocycles. The summed E-state index contributed by atoms with van der Waals surface area (Å²) in [6.07, 6.45) is 1.45. The summed E-state index contributed by atoms with van der Waals surface area (Å²) in [6.45, 7) is -0.200. The maximum atomic E-state index is 12.4. The van der Waals surface area contributed by atoms with Crippen LogP contribution in [0.25, 0.3) is 0 Å². The van der Waals surface area contributed by atoms with Crippen molar-refractivity contribution in [3.63, 3.8) is 0 Å². The van der Waals surface area contributed by atoms with Crippen LogP contribution in [0.4, 0.5) is 0 Å². The van der Waals surface area contributed by atoms with E-state index in [2.05, 4.69) is 10.5 Å². The Labute approximate surface area is 203 Å². The van der Waals surface area contributed by atoms with Gasteiger partial charge in [0.1, 0.15) is 5.75 Å². The van der Waals surface area contributed by atoms with Crippen molar-refractivity contribution >= 4 is 52.3 Å². The summed E-state index contributed by atoms with van der Waals surface area (Å²) in [4.78, 5) is 24.3. The quantitative estimate of drug-likeness (QED) is 0.141. The van der Waals surface area contributed by atoms with Gasteiger partial charge in [0.05, 0.1) is 22.5 Å². The van der Waals surface area contributed by atoms with E-state index in [1.807, 2.05) is 28.7 Å². The summed E-state index contributed by atoms with van der Waals surface area (Å²) in [7, 11) is 1.47. The fourth-order valence-electron chi connectivity index (χ4n) is 2.53. The molecule has 0 spiro atoms. The number of esters is 1. The van der Waals surface area contributed by atoms with Crippen molar-refractivity contribution in [3.05, 3.63) is 86.4 Å². The summed E-state index contributed by atoms with van der Waals surface area (Å²) in [6, 6.07) is 18.7. The van der Waals surface area contributed by atoms with E-state index in [1.54, 1.807) is 60.7 Å². The van der Waals surface area contributed by atoms with Gasteiger partial charge in [-0.1, -0.05) is 29.8 Å². The minimum Gasteiger partial charge on any atom is -0.493 e. The third-order valence-electron chi connectivity index (χ3n) is 4.04. The first-order chi connectivity index (χ1) is 15.5. The molecule has 3 aromatic carbocycles. The highest BCUT2D eigenvalue weighted by Crippen LogP contribution is 2.34. The van der Waals surface area contributed by atoms with Gasteiger partial charge in [-0.05, 0) is 76.7 Å². The van der Waals surface area contributed by atoms with E-state index in [4.69, 9.17) is 25.8 Å². The first-order valence-electron chi connectivity index (χ1n) is 9.31. The highest BCUT2D eigenvalue weighted by Gasteiger charge is 2.16. The van der Waals surface area contributed by atoms with Crippen molar-refractivity contribution in [2.24, 2.45) is 5.10 Å². The average molecular weight is 565 g/mol. The van der Waals surface area contributed by atoms with E-state index in [1.165, 1.54) is 13.3 Å². The first-order valence-corrected chi connectivity index (χ1v) is 10.8. The Bertz CT molecular complexity index is 1120. The third kappa shape index (κ3) is 6.69. The summed E-state index contributed by atoms with van der Waals surface area (Å²) in [5.74, 6) is 0.274. The van der Waals surface area contributed by atoms with Crippen molar-refractivity contribution in [2.45, 2.75) is 0 Å². The van der Waals surface area contributed by atoms with Crippen molar-refractivity contribution in [1.29, 1.82) is 0 Å². The normalized spacial score (nSPS) is 10.6. The monoisotopic (exact) mass is 564 g/mol. The Morgan fingerprint density at radius 1 is 1.09 bits per heavy atom. The molecule has 0 atom stereocenters. The molecule has 0 bridgehead atoms. The van der Waals surface area contributed by atoms with Gasteiger partial charge in [0.2, 0.25) is 0 Å². The van der Waals surface area contributed by atoms with Crippen LogP contribution < -0.4 is 19.6 Å². The number of benzene rings is 3. The Hall–Kier alpha value is -3.11. The molecule has 9 heteroatoms. The highest BCUT2D eigenvalue weighted by atomic mass is 127. The van der Waals surface area contributed by atoms with Crippen molar-refractivity contribution in [1.82, 2.24) is 5.43 Å². The smallest absolute Gasteiger partial charge is 0.343 e. The number of methoxy groups -OCH3 is 1. The second-order valence-electron chi connectivity index (χ2n) is 6.33. The van der Waals surface area contributed by atoms with Crippen LogP contribution in [0.2, 0.25) is 5.02 Å². The second-order valence-corrected chi connectivity index (χ2v) is 7.92. The van der Waals surface area contributed by atoms with E-state index in [-0.39, 0.29) is 6.61 Å². The summed E-state index contributed by atoms with van der Waals surface area (Å²) >= 11 is 7.85. The standard InChI is InChI=1S/C23H18ClIN2O5/c1-30-20-12-15(11-19(25)22(20)32-23(29)16-5-3-2-4-6-16)13-26-27-21(28)14-31-18-9-7-17(24)8-10-18/h2-13H,14H2,1H3,(H,27,28)/b26-13-. The average Bonchev–Trinajstić information content (AvgIpc) is 2.80. The molecule has 0 fully saturated rings. The van der Waals surface area contributed by atoms with E-state index in [0.29, 0.717) is 37.0 Å². The van der Waals surface area contributed by atoms with E-state index < -0.39 is 11.9 Å². The second kappa shape index (κ2) is 11.5. The largest absolute Gasteiger partial charge is 0.493 e. The van der Waals surface area contributed by atoms with Crippen molar-refractivity contribution in [2.75, 3.05) is 13.7 Å². The zero-order chi connectivity index (χ0) is 22.9. The van der Waals surface area contributed by atoms with Gasteiger partial charge in [0.25, 0.3) is 5.91 Å². The van der Waals surface area contributed by atoms with Gasteiger partial charge < -0.3 is 14.2 Å². The number of hydrazone groups is 1. The molecule has 0 aliphatic rings. The van der Waals surface area contributed by atoms with E-state index in [9.17, 15) is 9.59 Å². The third-order valence-corrected chi connectivity index (χ3v) is 5.10. The fourth-order valence-corrected chi connectivity index (χ4v) is 3.39. The first kappa shape index (κ1) is 23.6. The number of halogens is 2. The Morgan fingerprint density at radius 2 is 1.81 bits per heavy atom. The van der Waals surface area contributed by atoms with Crippen LogP contribution in [0.3, 0.4) is 0 Å². The molecule has 3 aromatic rings. The number of nitrogens with zero attached hydrogens (tertiary/aromatic N) is 1. The molecule has 0 aliphatic carbocycles. The molecule has 164 valence electrons. The summed E-state index contributed by atoms with van der Waals surface area (Å²) in [5, 5.41) is 4.51. The SMILES string of the molecule is COc1cc(/C=N\NC(=O)COc2ccc(Cl)cc2)cc(I)c1OC(=O)c1ccccc1. The van der Waals surface area contributed by atoms with Gasteiger partial charge in [0, 0.05) is 5.02 Å². The summed E-state index contributed by atoms with van der Waals surface area (Å²) < 4.78 is 16.9. The van der Waals surface area contributed by atoms with E-state index in [0.717, 1.165) is 0 Å². The van der Waals surface area contributed by atoms with Crippen LogP contribution >= 0.6 is 34.2 Å². The molecule has 32 heavy (non-hydrogen) atoms. The maximum Gasteiger partial charge on any atom is 0.343 e. The summed E-state index contributed by atoms with van der Waals surface area (Å²) in [5.41, 5.74) is 3.46. The molecule has 0 saturated carbocycles. The maximum absolute atomic E-state index is 12.4. The van der Waals surface area contributed by atoms with Crippen molar-refractivity contribution < 1.29 is 23.8 Å². The lowest BCUT2D eigenvalue weighted by atomic mass is 10.2. The van der Waals surface area contributed by atoms with Crippen LogP contribution in [0, 0.1) is 3.57 Å². The number of carbonyl (C=O) groups is 2. The molecular weight excluding hydrogens is 547 g/mol. The molecule has 0 aliphatic heterocycles. The molecule has 1 amide bonds. The number of amides is 1. The number of rotatable bonds is 8. The zero-order valence-corrected chi connectivity index (χ0v) is 19.8. The lowest BCUT2D eigenvalue weighted by Crippen LogP contribution is -2.24. The molecular formula is C23H18ClIN2O5. The molecule has 0 unspecified atom stereocenters.